The van der Waals surface area contributed by atoms with E-state index in [2.05, 4.69) is 36.3 Å². The minimum atomic E-state index is -1.84. The van der Waals surface area contributed by atoms with Gasteiger partial charge < -0.3 is 5.11 Å². The minimum absolute atomic E-state index is 0.0225. The molecule has 9 atom stereocenters. The number of rotatable bonds is 4. The first kappa shape index (κ1) is 22.9. The molecule has 4 fully saturated rings. The number of hydrogen-bond acceptors (Lipinski definition) is 3. The summed E-state index contributed by atoms with van der Waals surface area (Å²) < 4.78 is 32.6. The van der Waals surface area contributed by atoms with Crippen molar-refractivity contribution < 1.29 is 18.7 Å². The standard InChI is InChI=1S/C29H37F2NO2/c1-27-17-25(33)29(31)23(16-24(30)21-12-6-7-13-28(21,29)2)22(27)15-20-18-32(34-26(20)27)14-8-11-19-9-4-3-5-10-19/h3-5,7,9-10,12-13,20,22-26,33H,6,8,11,14-18H2,1-2H3. The molecule has 1 N–H and O–H groups in total. The number of fused-ring (bicyclic) bond motifs is 7. The van der Waals surface area contributed by atoms with Gasteiger partial charge in [0.1, 0.15) is 6.17 Å². The number of aryl methyl sites for hydroxylation is 1. The van der Waals surface area contributed by atoms with E-state index >= 15 is 8.78 Å². The van der Waals surface area contributed by atoms with Crippen LogP contribution in [-0.2, 0) is 11.3 Å². The normalized spacial score (nSPS) is 47.5. The number of hydroxylamine groups is 2. The van der Waals surface area contributed by atoms with Crippen molar-refractivity contribution in [1.82, 2.24) is 5.06 Å². The van der Waals surface area contributed by atoms with Gasteiger partial charge in [-0.1, -0.05) is 55.5 Å². The molecule has 1 aromatic carbocycles. The Labute approximate surface area is 201 Å². The second kappa shape index (κ2) is 7.97. The van der Waals surface area contributed by atoms with Gasteiger partial charge in [-0.05, 0) is 62.5 Å². The van der Waals surface area contributed by atoms with Gasteiger partial charge in [0.15, 0.2) is 5.67 Å². The third kappa shape index (κ3) is 3.09. The number of allylic oxidation sites excluding steroid dienone is 4. The van der Waals surface area contributed by atoms with Crippen molar-refractivity contribution >= 4 is 0 Å². The van der Waals surface area contributed by atoms with Crippen LogP contribution in [0, 0.1) is 28.6 Å². The second-order valence-corrected chi connectivity index (χ2v) is 11.9. The molecule has 0 aromatic heterocycles. The number of aliphatic hydroxyl groups is 1. The number of halogens is 2. The molecule has 3 saturated carbocycles. The maximum atomic E-state index is 17.1. The molecule has 0 amide bonds. The Bertz CT molecular complexity index is 997. The quantitative estimate of drug-likeness (QED) is 0.583. The molecule has 9 unspecified atom stereocenters. The fourth-order valence-electron chi connectivity index (χ4n) is 8.58. The third-order valence-electron chi connectivity index (χ3n) is 10.2. The number of benzene rings is 1. The number of nitrogens with zero attached hydrogens (tertiary/aromatic N) is 1. The number of aliphatic hydroxyl groups excluding tert-OH is 1. The topological polar surface area (TPSA) is 32.7 Å². The largest absolute Gasteiger partial charge is 0.390 e. The Kier molecular flexibility index (Phi) is 5.37. The summed E-state index contributed by atoms with van der Waals surface area (Å²) in [6, 6.07) is 10.5. The van der Waals surface area contributed by atoms with Gasteiger partial charge >= 0.3 is 0 Å². The summed E-state index contributed by atoms with van der Waals surface area (Å²) in [6.45, 7) is 5.68. The third-order valence-corrected chi connectivity index (χ3v) is 10.2. The van der Waals surface area contributed by atoms with Crippen molar-refractivity contribution in [2.45, 2.75) is 76.4 Å². The van der Waals surface area contributed by atoms with Crippen molar-refractivity contribution in [2.24, 2.45) is 28.6 Å². The van der Waals surface area contributed by atoms with Crippen molar-refractivity contribution in [1.29, 1.82) is 0 Å². The predicted molar refractivity (Wildman–Crippen MR) is 128 cm³/mol. The lowest BCUT2D eigenvalue weighted by atomic mass is 9.45. The molecule has 6 rings (SSSR count). The summed E-state index contributed by atoms with van der Waals surface area (Å²) >= 11 is 0. The van der Waals surface area contributed by atoms with Crippen LogP contribution in [0.3, 0.4) is 0 Å². The van der Waals surface area contributed by atoms with Gasteiger partial charge in [0.2, 0.25) is 0 Å². The molecule has 1 heterocycles. The molecular formula is C29H37F2NO2. The fraction of sp³-hybridized carbons (Fsp3) is 0.655. The summed E-state index contributed by atoms with van der Waals surface area (Å²) in [5.41, 5.74) is -1.38. The SMILES string of the molecule is CC12CC(O)C3(F)C(CC(F)C4=CCC=CC43C)C1CC1CN(CCCc3ccccc3)OC12. The van der Waals surface area contributed by atoms with E-state index in [1.807, 2.05) is 24.3 Å². The first-order chi connectivity index (χ1) is 16.3. The number of hydrogen-bond donors (Lipinski definition) is 1. The molecule has 34 heavy (non-hydrogen) atoms. The van der Waals surface area contributed by atoms with E-state index in [-0.39, 0.29) is 23.9 Å². The molecule has 1 aromatic rings. The predicted octanol–water partition coefficient (Wildman–Crippen LogP) is 5.60. The van der Waals surface area contributed by atoms with Gasteiger partial charge in [0.25, 0.3) is 0 Å². The number of alkyl halides is 2. The highest BCUT2D eigenvalue weighted by atomic mass is 19.1. The van der Waals surface area contributed by atoms with Gasteiger partial charge in [-0.25, -0.2) is 8.78 Å². The molecule has 0 radical (unpaired) electrons. The molecule has 1 aliphatic heterocycles. The molecule has 1 saturated heterocycles. The van der Waals surface area contributed by atoms with Crippen molar-refractivity contribution in [3.8, 4) is 0 Å². The summed E-state index contributed by atoms with van der Waals surface area (Å²) in [6.07, 6.45) is 7.39. The van der Waals surface area contributed by atoms with Crippen LogP contribution in [-0.4, -0.2) is 47.3 Å². The Morgan fingerprint density at radius 1 is 1.15 bits per heavy atom. The van der Waals surface area contributed by atoms with Crippen molar-refractivity contribution in [2.75, 3.05) is 13.1 Å². The Morgan fingerprint density at radius 2 is 1.94 bits per heavy atom. The minimum Gasteiger partial charge on any atom is -0.390 e. The Hall–Kier alpha value is -1.56. The van der Waals surface area contributed by atoms with Gasteiger partial charge in [-0.15, -0.1) is 0 Å². The Morgan fingerprint density at radius 3 is 2.74 bits per heavy atom. The average molecular weight is 470 g/mol. The van der Waals surface area contributed by atoms with E-state index in [1.54, 1.807) is 6.92 Å². The van der Waals surface area contributed by atoms with Gasteiger partial charge in [-0.2, -0.15) is 5.06 Å². The molecule has 5 aliphatic rings. The molecule has 184 valence electrons. The monoisotopic (exact) mass is 469 g/mol. The molecular weight excluding hydrogens is 432 g/mol. The molecule has 0 bridgehead atoms. The Balaban J connectivity index is 1.20. The van der Waals surface area contributed by atoms with Crippen LogP contribution in [0.2, 0.25) is 0 Å². The summed E-state index contributed by atoms with van der Waals surface area (Å²) in [5.74, 6) is -0.165. The molecule has 5 heteroatoms. The van der Waals surface area contributed by atoms with Gasteiger partial charge in [-0.3, -0.25) is 4.84 Å². The van der Waals surface area contributed by atoms with Crippen LogP contribution in [0.5, 0.6) is 0 Å². The van der Waals surface area contributed by atoms with E-state index in [0.717, 1.165) is 32.4 Å². The zero-order chi connectivity index (χ0) is 23.7. The van der Waals surface area contributed by atoms with Crippen LogP contribution in [0.4, 0.5) is 8.78 Å². The molecule has 3 nitrogen and oxygen atoms in total. The first-order valence-electron chi connectivity index (χ1n) is 13.1. The second-order valence-electron chi connectivity index (χ2n) is 11.9. The first-order valence-corrected chi connectivity index (χ1v) is 13.1. The summed E-state index contributed by atoms with van der Waals surface area (Å²) in [4.78, 5) is 6.50. The highest BCUT2D eigenvalue weighted by molar-refractivity contribution is 5.40. The van der Waals surface area contributed by atoms with Crippen molar-refractivity contribution in [3.05, 3.63) is 59.7 Å². The van der Waals surface area contributed by atoms with E-state index < -0.39 is 29.3 Å². The maximum Gasteiger partial charge on any atom is 0.152 e. The van der Waals surface area contributed by atoms with Crippen molar-refractivity contribution in [3.63, 3.8) is 0 Å². The lowest BCUT2D eigenvalue weighted by molar-refractivity contribution is -0.237. The lowest BCUT2D eigenvalue weighted by Gasteiger charge is -2.62. The van der Waals surface area contributed by atoms with Crippen LogP contribution >= 0.6 is 0 Å². The highest BCUT2D eigenvalue weighted by Crippen LogP contribution is 2.69. The fourth-order valence-corrected chi connectivity index (χ4v) is 8.58. The van der Waals surface area contributed by atoms with Crippen LogP contribution in [0.1, 0.15) is 51.5 Å². The average Bonchev–Trinajstić information content (AvgIpc) is 3.34. The van der Waals surface area contributed by atoms with E-state index in [9.17, 15) is 5.11 Å². The van der Waals surface area contributed by atoms with Gasteiger partial charge in [0, 0.05) is 35.8 Å². The maximum absolute atomic E-state index is 17.1. The summed E-state index contributed by atoms with van der Waals surface area (Å²) in [7, 11) is 0. The van der Waals surface area contributed by atoms with E-state index in [4.69, 9.17) is 4.84 Å². The van der Waals surface area contributed by atoms with E-state index in [0.29, 0.717) is 24.3 Å². The zero-order valence-corrected chi connectivity index (χ0v) is 20.3. The van der Waals surface area contributed by atoms with Crippen LogP contribution in [0.15, 0.2) is 54.1 Å². The lowest BCUT2D eigenvalue weighted by Crippen LogP contribution is -2.68. The van der Waals surface area contributed by atoms with Gasteiger partial charge in [0.05, 0.1) is 12.2 Å². The summed E-state index contributed by atoms with van der Waals surface area (Å²) in [5, 5.41) is 13.5. The smallest absolute Gasteiger partial charge is 0.152 e. The van der Waals surface area contributed by atoms with Crippen LogP contribution in [0.25, 0.3) is 0 Å². The molecule has 0 spiro atoms. The molecule has 4 aliphatic carbocycles. The van der Waals surface area contributed by atoms with Crippen LogP contribution < -0.4 is 0 Å². The zero-order valence-electron chi connectivity index (χ0n) is 20.3. The van der Waals surface area contributed by atoms with E-state index in [1.165, 1.54) is 5.56 Å². The highest BCUT2D eigenvalue weighted by Gasteiger charge is 2.73.